The summed E-state index contributed by atoms with van der Waals surface area (Å²) in [5, 5.41) is 5.62. The van der Waals surface area contributed by atoms with Crippen molar-refractivity contribution in [2.24, 2.45) is 0 Å². The Kier molecular flexibility index (Phi) is 7.97. The minimum absolute atomic E-state index is 0.0650. The fourth-order valence-electron chi connectivity index (χ4n) is 4.74. The van der Waals surface area contributed by atoms with E-state index in [1.54, 1.807) is 24.3 Å². The van der Waals surface area contributed by atoms with E-state index in [0.29, 0.717) is 19.8 Å². The summed E-state index contributed by atoms with van der Waals surface area (Å²) >= 11 is 0. The molecule has 0 spiro atoms. The number of benzene rings is 1. The number of hydrogen-bond acceptors (Lipinski definition) is 7. The second kappa shape index (κ2) is 11.3. The van der Waals surface area contributed by atoms with Gasteiger partial charge >= 0.3 is 5.97 Å². The van der Waals surface area contributed by atoms with Crippen molar-refractivity contribution in [1.82, 2.24) is 10.2 Å². The van der Waals surface area contributed by atoms with Crippen molar-refractivity contribution in [2.75, 3.05) is 44.8 Å². The zero-order valence-electron chi connectivity index (χ0n) is 19.2. The summed E-state index contributed by atoms with van der Waals surface area (Å²) in [4.78, 5) is 39.9. The van der Waals surface area contributed by atoms with Crippen molar-refractivity contribution < 1.29 is 28.3 Å². The van der Waals surface area contributed by atoms with Crippen LogP contribution in [0.15, 0.2) is 47.1 Å². The van der Waals surface area contributed by atoms with Gasteiger partial charge in [-0.2, -0.15) is 0 Å². The van der Waals surface area contributed by atoms with Gasteiger partial charge in [-0.05, 0) is 37.1 Å². The molecule has 2 aliphatic rings. The molecule has 1 aliphatic carbocycles. The van der Waals surface area contributed by atoms with Crippen molar-refractivity contribution in [3.05, 3.63) is 54.0 Å². The van der Waals surface area contributed by atoms with E-state index in [1.807, 2.05) is 0 Å². The Bertz CT molecular complexity index is 978. The maximum absolute atomic E-state index is 12.7. The Labute approximate surface area is 198 Å². The predicted octanol–water partition coefficient (Wildman–Crippen LogP) is 2.84. The van der Waals surface area contributed by atoms with Crippen LogP contribution >= 0.6 is 0 Å². The van der Waals surface area contributed by atoms with E-state index in [-0.39, 0.29) is 28.5 Å². The molecule has 1 aliphatic heterocycles. The number of ether oxygens (including phenoxy) is 2. The fraction of sp³-hybridized carbons (Fsp3) is 0.480. The molecule has 2 fully saturated rings. The summed E-state index contributed by atoms with van der Waals surface area (Å²) in [5.41, 5.74) is 0.375. The zero-order chi connectivity index (χ0) is 23.8. The standard InChI is InChI=1S/C25H31N3O6/c29-22(26-18-25(10-4-1-5-11-25)28-12-15-32-16-13-28)17-34-24(31)19-7-2-3-8-20(19)27-23(30)21-9-6-14-33-21/h2-3,6-9,14H,1,4-5,10-13,15-18H2,(H,26,29)(H,27,30). The highest BCUT2D eigenvalue weighted by Gasteiger charge is 2.38. The highest BCUT2D eigenvalue weighted by atomic mass is 16.5. The number of esters is 1. The van der Waals surface area contributed by atoms with Gasteiger partial charge < -0.3 is 24.5 Å². The van der Waals surface area contributed by atoms with Crippen molar-refractivity contribution in [1.29, 1.82) is 0 Å². The number of amides is 2. The minimum Gasteiger partial charge on any atom is -0.459 e. The SMILES string of the molecule is O=C(COC(=O)c1ccccc1NC(=O)c1ccco1)NCC1(N2CCOCC2)CCCCC1. The first-order valence-corrected chi connectivity index (χ1v) is 11.8. The van der Waals surface area contributed by atoms with Gasteiger partial charge in [-0.15, -0.1) is 0 Å². The van der Waals surface area contributed by atoms with E-state index in [0.717, 1.165) is 38.8 Å². The summed E-state index contributed by atoms with van der Waals surface area (Å²) in [7, 11) is 0. The average molecular weight is 470 g/mol. The van der Waals surface area contributed by atoms with E-state index in [4.69, 9.17) is 13.9 Å². The molecule has 0 bridgehead atoms. The Morgan fingerprint density at radius 1 is 1.00 bits per heavy atom. The number of morpholine rings is 1. The third-order valence-electron chi connectivity index (χ3n) is 6.56. The normalized spacial score (nSPS) is 18.1. The average Bonchev–Trinajstić information content (AvgIpc) is 3.43. The second-order valence-electron chi connectivity index (χ2n) is 8.71. The van der Waals surface area contributed by atoms with Crippen molar-refractivity contribution >= 4 is 23.5 Å². The maximum Gasteiger partial charge on any atom is 0.340 e. The smallest absolute Gasteiger partial charge is 0.340 e. The molecule has 9 heteroatoms. The Hall–Kier alpha value is -3.17. The molecule has 2 heterocycles. The van der Waals surface area contributed by atoms with Crippen LogP contribution in [-0.4, -0.2) is 67.7 Å². The van der Waals surface area contributed by atoms with Gasteiger partial charge in [0, 0.05) is 25.2 Å². The first-order valence-electron chi connectivity index (χ1n) is 11.8. The van der Waals surface area contributed by atoms with E-state index in [1.165, 1.54) is 24.8 Å². The number of nitrogens with zero attached hydrogens (tertiary/aromatic N) is 1. The summed E-state index contributed by atoms with van der Waals surface area (Å²) in [5.74, 6) is -1.39. The number of anilines is 1. The molecule has 1 saturated carbocycles. The van der Waals surface area contributed by atoms with Gasteiger partial charge in [0.2, 0.25) is 0 Å². The lowest BCUT2D eigenvalue weighted by molar-refractivity contribution is -0.125. The topological polar surface area (TPSA) is 110 Å². The lowest BCUT2D eigenvalue weighted by Gasteiger charge is -2.48. The Morgan fingerprint density at radius 3 is 2.50 bits per heavy atom. The fourth-order valence-corrected chi connectivity index (χ4v) is 4.74. The molecule has 0 atom stereocenters. The Balaban J connectivity index is 1.31. The number of furan rings is 1. The Morgan fingerprint density at radius 2 is 1.76 bits per heavy atom. The molecule has 2 N–H and O–H groups in total. The number of para-hydroxylation sites is 1. The van der Waals surface area contributed by atoms with Crippen LogP contribution in [0.1, 0.15) is 53.0 Å². The molecule has 34 heavy (non-hydrogen) atoms. The molecule has 4 rings (SSSR count). The van der Waals surface area contributed by atoms with Gasteiger partial charge in [0.1, 0.15) is 0 Å². The van der Waals surface area contributed by atoms with Crippen molar-refractivity contribution in [3.63, 3.8) is 0 Å². The summed E-state index contributed by atoms with van der Waals surface area (Å²) in [6.45, 7) is 3.29. The molecule has 0 radical (unpaired) electrons. The van der Waals surface area contributed by atoms with E-state index in [2.05, 4.69) is 15.5 Å². The second-order valence-corrected chi connectivity index (χ2v) is 8.71. The maximum atomic E-state index is 12.7. The van der Waals surface area contributed by atoms with E-state index in [9.17, 15) is 14.4 Å². The number of rotatable bonds is 8. The zero-order valence-corrected chi connectivity index (χ0v) is 19.2. The summed E-state index contributed by atoms with van der Waals surface area (Å²) in [6, 6.07) is 9.60. The van der Waals surface area contributed by atoms with Crippen LogP contribution in [0.4, 0.5) is 5.69 Å². The molecule has 9 nitrogen and oxygen atoms in total. The molecule has 0 unspecified atom stereocenters. The summed E-state index contributed by atoms with van der Waals surface area (Å²) in [6.07, 6.45) is 6.97. The molecule has 1 saturated heterocycles. The third kappa shape index (κ3) is 5.84. The molecule has 1 aromatic heterocycles. The van der Waals surface area contributed by atoms with Crippen LogP contribution in [0.25, 0.3) is 0 Å². The number of carbonyl (C=O) groups excluding carboxylic acids is 3. The number of hydrogen-bond donors (Lipinski definition) is 2. The first kappa shape index (κ1) is 24.0. The van der Waals surface area contributed by atoms with Crippen LogP contribution in [-0.2, 0) is 14.3 Å². The van der Waals surface area contributed by atoms with Crippen molar-refractivity contribution in [2.45, 2.75) is 37.6 Å². The van der Waals surface area contributed by atoms with Gasteiger partial charge in [-0.3, -0.25) is 14.5 Å². The lowest BCUT2D eigenvalue weighted by atomic mass is 9.79. The van der Waals surface area contributed by atoms with E-state index < -0.39 is 18.5 Å². The van der Waals surface area contributed by atoms with Gasteiger partial charge in [0.05, 0.1) is 30.7 Å². The number of nitrogens with one attached hydrogen (secondary N) is 2. The highest BCUT2D eigenvalue weighted by Crippen LogP contribution is 2.33. The summed E-state index contributed by atoms with van der Waals surface area (Å²) < 4.78 is 15.9. The quantitative estimate of drug-likeness (QED) is 0.572. The molecule has 1 aromatic carbocycles. The monoisotopic (exact) mass is 469 g/mol. The van der Waals surface area contributed by atoms with Crippen LogP contribution in [0, 0.1) is 0 Å². The molecule has 2 aromatic rings. The van der Waals surface area contributed by atoms with Crippen LogP contribution in [0.5, 0.6) is 0 Å². The number of carbonyl (C=O) groups is 3. The van der Waals surface area contributed by atoms with Gasteiger partial charge in [-0.25, -0.2) is 4.79 Å². The minimum atomic E-state index is -0.689. The predicted molar refractivity (Wildman–Crippen MR) is 125 cm³/mol. The van der Waals surface area contributed by atoms with Gasteiger partial charge in [0.25, 0.3) is 11.8 Å². The highest BCUT2D eigenvalue weighted by molar-refractivity contribution is 6.06. The van der Waals surface area contributed by atoms with Crippen LogP contribution in [0.2, 0.25) is 0 Å². The van der Waals surface area contributed by atoms with Crippen molar-refractivity contribution in [3.8, 4) is 0 Å². The lowest BCUT2D eigenvalue weighted by Crippen LogP contribution is -2.59. The van der Waals surface area contributed by atoms with Gasteiger partial charge in [-0.1, -0.05) is 31.4 Å². The third-order valence-corrected chi connectivity index (χ3v) is 6.56. The first-order chi connectivity index (χ1) is 16.6. The van der Waals surface area contributed by atoms with Crippen LogP contribution < -0.4 is 10.6 Å². The molecule has 182 valence electrons. The van der Waals surface area contributed by atoms with Crippen LogP contribution in [0.3, 0.4) is 0 Å². The largest absolute Gasteiger partial charge is 0.459 e. The molecular formula is C25H31N3O6. The van der Waals surface area contributed by atoms with E-state index >= 15 is 0 Å². The molecule has 2 amide bonds. The van der Waals surface area contributed by atoms with Gasteiger partial charge in [0.15, 0.2) is 12.4 Å². The molecular weight excluding hydrogens is 438 g/mol.